The molecule has 32 heavy (non-hydrogen) atoms. The summed E-state index contributed by atoms with van der Waals surface area (Å²) >= 11 is 0. The lowest BCUT2D eigenvalue weighted by molar-refractivity contribution is -0.146. The van der Waals surface area contributed by atoms with Crippen LogP contribution in [0.25, 0.3) is 11.1 Å². The van der Waals surface area contributed by atoms with Gasteiger partial charge in [0.05, 0.1) is 18.7 Å². The van der Waals surface area contributed by atoms with Gasteiger partial charge in [-0.15, -0.1) is 0 Å². The molecule has 7 nitrogen and oxygen atoms in total. The maximum atomic E-state index is 14.5. The highest BCUT2D eigenvalue weighted by atomic mass is 19.1. The Labute approximate surface area is 186 Å². The molecule has 0 spiro atoms. The van der Waals surface area contributed by atoms with Gasteiger partial charge in [-0.2, -0.15) is 0 Å². The normalized spacial score (nSPS) is 18.2. The summed E-state index contributed by atoms with van der Waals surface area (Å²) in [5.41, 5.74) is 0.717. The summed E-state index contributed by atoms with van der Waals surface area (Å²) in [5.74, 6) is -2.05. The zero-order valence-electron chi connectivity index (χ0n) is 18.6. The van der Waals surface area contributed by atoms with Crippen LogP contribution in [0.3, 0.4) is 0 Å². The minimum absolute atomic E-state index is 0.00200. The number of nitrogens with one attached hydrogen (secondary N) is 1. The van der Waals surface area contributed by atoms with Gasteiger partial charge < -0.3 is 9.47 Å². The largest absolute Gasteiger partial charge is 0.469 e. The molecule has 1 aromatic heterocycles. The number of anilines is 1. The lowest BCUT2D eigenvalue weighted by atomic mass is 9.90. The SMILES string of the molecule is COC(=O)C1CCCC1C(=O)c1ccc(-c2ccc(NC(=O)OC(C)(C)C)c(F)c2)cn1. The number of ether oxygens (including phenoxy) is 2. The molecule has 1 amide bonds. The third kappa shape index (κ3) is 5.49. The molecule has 1 aliphatic rings. The summed E-state index contributed by atoms with van der Waals surface area (Å²) in [6.45, 7) is 5.15. The van der Waals surface area contributed by atoms with Crippen molar-refractivity contribution < 1.29 is 28.2 Å². The van der Waals surface area contributed by atoms with E-state index in [0.717, 1.165) is 6.42 Å². The molecule has 0 radical (unpaired) electrons. The van der Waals surface area contributed by atoms with E-state index in [1.807, 2.05) is 0 Å². The number of halogens is 1. The van der Waals surface area contributed by atoms with Crippen molar-refractivity contribution in [1.82, 2.24) is 4.98 Å². The number of hydrogen-bond acceptors (Lipinski definition) is 6. The van der Waals surface area contributed by atoms with Crippen LogP contribution in [-0.4, -0.2) is 35.5 Å². The lowest BCUT2D eigenvalue weighted by Gasteiger charge is -2.20. The van der Waals surface area contributed by atoms with Gasteiger partial charge in [-0.3, -0.25) is 19.9 Å². The first-order valence-electron chi connectivity index (χ1n) is 10.5. The molecule has 170 valence electrons. The number of esters is 1. The minimum Gasteiger partial charge on any atom is -0.469 e. The van der Waals surface area contributed by atoms with Gasteiger partial charge in [-0.05, 0) is 57.4 Å². The van der Waals surface area contributed by atoms with Crippen molar-refractivity contribution >= 4 is 23.5 Å². The Morgan fingerprint density at radius 2 is 1.75 bits per heavy atom. The van der Waals surface area contributed by atoms with E-state index in [9.17, 15) is 18.8 Å². The Morgan fingerprint density at radius 3 is 2.34 bits per heavy atom. The first-order valence-corrected chi connectivity index (χ1v) is 10.5. The van der Waals surface area contributed by atoms with Crippen LogP contribution in [-0.2, 0) is 14.3 Å². The Hall–Kier alpha value is -3.29. The number of carbonyl (C=O) groups excluding carboxylic acids is 3. The molecule has 1 fully saturated rings. The second-order valence-corrected chi connectivity index (χ2v) is 8.78. The van der Waals surface area contributed by atoms with Gasteiger partial charge in [0.25, 0.3) is 0 Å². The highest BCUT2D eigenvalue weighted by Crippen LogP contribution is 2.35. The quantitative estimate of drug-likeness (QED) is 0.517. The van der Waals surface area contributed by atoms with Gasteiger partial charge in [0.15, 0.2) is 5.78 Å². The number of nitrogens with zero attached hydrogens (tertiary/aromatic N) is 1. The molecule has 2 atom stereocenters. The topological polar surface area (TPSA) is 94.6 Å². The molecule has 3 rings (SSSR count). The number of amides is 1. The number of aromatic nitrogens is 1. The van der Waals surface area contributed by atoms with Crippen LogP contribution < -0.4 is 5.32 Å². The predicted octanol–water partition coefficient (Wildman–Crippen LogP) is 5.01. The Kier molecular flexibility index (Phi) is 6.91. The minimum atomic E-state index is -0.745. The summed E-state index contributed by atoms with van der Waals surface area (Å²) in [6, 6.07) is 7.61. The summed E-state index contributed by atoms with van der Waals surface area (Å²) in [6.07, 6.45) is 2.79. The van der Waals surface area contributed by atoms with Crippen LogP contribution in [0, 0.1) is 17.7 Å². The van der Waals surface area contributed by atoms with Gasteiger partial charge in [0.2, 0.25) is 0 Å². The lowest BCUT2D eigenvalue weighted by Crippen LogP contribution is -2.27. The molecule has 1 aromatic carbocycles. The first-order chi connectivity index (χ1) is 15.1. The van der Waals surface area contributed by atoms with Crippen molar-refractivity contribution in [3.05, 3.63) is 48.0 Å². The van der Waals surface area contributed by atoms with Crippen LogP contribution >= 0.6 is 0 Å². The summed E-state index contributed by atoms with van der Waals surface area (Å²) in [5, 5.41) is 2.38. The maximum Gasteiger partial charge on any atom is 0.412 e. The first kappa shape index (κ1) is 23.4. The van der Waals surface area contributed by atoms with Gasteiger partial charge in [-0.25, -0.2) is 9.18 Å². The molecule has 8 heteroatoms. The monoisotopic (exact) mass is 442 g/mol. The summed E-state index contributed by atoms with van der Waals surface area (Å²) in [7, 11) is 1.32. The molecule has 0 aliphatic heterocycles. The third-order valence-electron chi connectivity index (χ3n) is 5.31. The van der Waals surface area contributed by atoms with Crippen molar-refractivity contribution in [2.45, 2.75) is 45.6 Å². The smallest absolute Gasteiger partial charge is 0.412 e. The molecular weight excluding hydrogens is 415 g/mol. The van der Waals surface area contributed by atoms with E-state index in [-0.39, 0.29) is 23.1 Å². The van der Waals surface area contributed by atoms with E-state index in [1.165, 1.54) is 25.4 Å². The molecule has 1 heterocycles. The maximum absolute atomic E-state index is 14.5. The number of ketones is 1. The third-order valence-corrected chi connectivity index (χ3v) is 5.31. The van der Waals surface area contributed by atoms with Crippen LogP contribution in [0.2, 0.25) is 0 Å². The number of benzene rings is 1. The van der Waals surface area contributed by atoms with Crippen LogP contribution in [0.15, 0.2) is 36.5 Å². The number of pyridine rings is 1. The molecule has 1 N–H and O–H groups in total. The fourth-order valence-corrected chi connectivity index (χ4v) is 3.82. The highest BCUT2D eigenvalue weighted by molar-refractivity contribution is 5.99. The fourth-order valence-electron chi connectivity index (χ4n) is 3.82. The molecule has 1 saturated carbocycles. The molecule has 2 aromatic rings. The summed E-state index contributed by atoms with van der Waals surface area (Å²) in [4.78, 5) is 40.9. The van der Waals surface area contributed by atoms with Crippen LogP contribution in [0.1, 0.15) is 50.5 Å². The number of methoxy groups -OCH3 is 1. The number of Topliss-reactive ketones (excluding diaryl/α,β-unsaturated/α-hetero) is 1. The second kappa shape index (κ2) is 9.46. The van der Waals surface area contributed by atoms with E-state index in [4.69, 9.17) is 9.47 Å². The molecule has 1 aliphatic carbocycles. The van der Waals surface area contributed by atoms with Gasteiger partial charge in [0, 0.05) is 17.7 Å². The average molecular weight is 442 g/mol. The second-order valence-electron chi connectivity index (χ2n) is 8.78. The molecule has 0 saturated heterocycles. The van der Waals surface area contributed by atoms with E-state index >= 15 is 0 Å². The number of carbonyl (C=O) groups is 3. The van der Waals surface area contributed by atoms with Crippen molar-refractivity contribution in [3.8, 4) is 11.1 Å². The predicted molar refractivity (Wildman–Crippen MR) is 117 cm³/mol. The highest BCUT2D eigenvalue weighted by Gasteiger charge is 2.39. The van der Waals surface area contributed by atoms with Crippen molar-refractivity contribution in [2.24, 2.45) is 11.8 Å². The zero-order valence-corrected chi connectivity index (χ0v) is 18.6. The van der Waals surface area contributed by atoms with Crippen LogP contribution in [0.4, 0.5) is 14.9 Å². The number of rotatable bonds is 5. The fraction of sp³-hybridized carbons (Fsp3) is 0.417. The van der Waals surface area contributed by atoms with E-state index in [2.05, 4.69) is 10.3 Å². The zero-order chi connectivity index (χ0) is 23.5. The Bertz CT molecular complexity index is 1010. The van der Waals surface area contributed by atoms with E-state index in [1.54, 1.807) is 39.0 Å². The van der Waals surface area contributed by atoms with E-state index in [0.29, 0.717) is 24.0 Å². The average Bonchev–Trinajstić information content (AvgIpc) is 3.23. The number of hydrogen-bond donors (Lipinski definition) is 1. The van der Waals surface area contributed by atoms with Crippen molar-refractivity contribution in [3.63, 3.8) is 0 Å². The molecular formula is C24H27FN2O5. The van der Waals surface area contributed by atoms with Gasteiger partial charge in [-0.1, -0.05) is 18.6 Å². The molecule has 0 bridgehead atoms. The molecule has 2 unspecified atom stereocenters. The van der Waals surface area contributed by atoms with Crippen LogP contribution in [0.5, 0.6) is 0 Å². The van der Waals surface area contributed by atoms with E-state index < -0.39 is 29.3 Å². The van der Waals surface area contributed by atoms with Crippen molar-refractivity contribution in [2.75, 3.05) is 12.4 Å². The Morgan fingerprint density at radius 1 is 1.06 bits per heavy atom. The Balaban J connectivity index is 1.72. The van der Waals surface area contributed by atoms with Gasteiger partial charge in [0.1, 0.15) is 17.1 Å². The van der Waals surface area contributed by atoms with Gasteiger partial charge >= 0.3 is 12.1 Å². The van der Waals surface area contributed by atoms with Crippen molar-refractivity contribution in [1.29, 1.82) is 0 Å². The summed E-state index contributed by atoms with van der Waals surface area (Å²) < 4.78 is 24.5. The standard InChI is InChI=1S/C24H27FN2O5/c1-24(2,3)32-23(30)27-19-10-8-14(12-18(19)25)15-9-11-20(26-13-15)21(28)16-6-5-7-17(16)22(29)31-4/h8-13,16-17H,5-7H2,1-4H3,(H,27,30).